The van der Waals surface area contributed by atoms with E-state index in [4.69, 9.17) is 5.73 Å². The van der Waals surface area contributed by atoms with Crippen LogP contribution in [0.2, 0.25) is 0 Å². The average Bonchev–Trinajstić information content (AvgIpc) is 2.43. The van der Waals surface area contributed by atoms with Gasteiger partial charge >= 0.3 is 0 Å². The van der Waals surface area contributed by atoms with Gasteiger partial charge < -0.3 is 11.1 Å². The summed E-state index contributed by atoms with van der Waals surface area (Å²) in [7, 11) is 0. The van der Waals surface area contributed by atoms with Crippen LogP contribution in [0.3, 0.4) is 0 Å². The highest BCUT2D eigenvalue weighted by atomic mass is 15.0. The highest BCUT2D eigenvalue weighted by molar-refractivity contribution is 5.35. The van der Waals surface area contributed by atoms with E-state index < -0.39 is 0 Å². The van der Waals surface area contributed by atoms with Gasteiger partial charge in [0.2, 0.25) is 0 Å². The van der Waals surface area contributed by atoms with E-state index >= 15 is 0 Å². The largest absolute Gasteiger partial charge is 0.324 e. The fourth-order valence-electron chi connectivity index (χ4n) is 2.48. The van der Waals surface area contributed by atoms with Crippen molar-refractivity contribution in [2.24, 2.45) is 5.73 Å². The van der Waals surface area contributed by atoms with Crippen molar-refractivity contribution in [1.82, 2.24) is 5.32 Å². The second kappa shape index (κ2) is 7.66. The van der Waals surface area contributed by atoms with Gasteiger partial charge in [-0.1, -0.05) is 51.0 Å². The van der Waals surface area contributed by atoms with E-state index in [9.17, 15) is 0 Å². The minimum atomic E-state index is -0.0167. The van der Waals surface area contributed by atoms with Gasteiger partial charge in [-0.05, 0) is 44.4 Å². The Bertz CT molecular complexity index is 371. The van der Waals surface area contributed by atoms with Crippen LogP contribution in [0.25, 0.3) is 0 Å². The summed E-state index contributed by atoms with van der Waals surface area (Å²) in [4.78, 5) is 0. The van der Waals surface area contributed by atoms with E-state index in [1.54, 1.807) is 0 Å². The first-order valence-corrected chi connectivity index (χ1v) is 7.63. The first kappa shape index (κ1) is 16.2. The van der Waals surface area contributed by atoms with Crippen molar-refractivity contribution in [3.05, 3.63) is 35.4 Å². The monoisotopic (exact) mass is 262 g/mol. The lowest BCUT2D eigenvalue weighted by molar-refractivity contribution is 0.391. The molecule has 1 rings (SSSR count). The van der Waals surface area contributed by atoms with Crippen LogP contribution in [-0.4, -0.2) is 6.54 Å². The van der Waals surface area contributed by atoms with Gasteiger partial charge in [-0.2, -0.15) is 0 Å². The van der Waals surface area contributed by atoms with Crippen molar-refractivity contribution in [3.8, 4) is 0 Å². The second-order valence-corrected chi connectivity index (χ2v) is 5.86. The number of hydrogen-bond acceptors (Lipinski definition) is 2. The lowest BCUT2D eigenvalue weighted by Crippen LogP contribution is -2.38. The van der Waals surface area contributed by atoms with Crippen LogP contribution in [0.15, 0.2) is 24.3 Å². The standard InChI is InChI=1S/C17H30N2/c1-5-7-10-13-19-17(3,4)15-12-9-8-11-14(15)16(18)6-2/h8-9,11-12,16,19H,5-7,10,13,18H2,1-4H3. The van der Waals surface area contributed by atoms with Gasteiger partial charge in [0.05, 0.1) is 0 Å². The van der Waals surface area contributed by atoms with E-state index in [1.807, 2.05) is 0 Å². The van der Waals surface area contributed by atoms with Crippen molar-refractivity contribution in [1.29, 1.82) is 0 Å². The highest BCUT2D eigenvalue weighted by Crippen LogP contribution is 2.28. The van der Waals surface area contributed by atoms with E-state index in [0.717, 1.165) is 13.0 Å². The van der Waals surface area contributed by atoms with E-state index in [-0.39, 0.29) is 11.6 Å². The molecule has 2 nitrogen and oxygen atoms in total. The molecule has 0 spiro atoms. The minimum Gasteiger partial charge on any atom is -0.324 e. The van der Waals surface area contributed by atoms with Crippen LogP contribution in [0.1, 0.15) is 70.5 Å². The summed E-state index contributed by atoms with van der Waals surface area (Å²) in [5, 5.41) is 3.67. The Labute approximate surface area is 118 Å². The summed E-state index contributed by atoms with van der Waals surface area (Å²) in [6.07, 6.45) is 4.77. The molecule has 1 unspecified atom stereocenters. The molecule has 19 heavy (non-hydrogen) atoms. The van der Waals surface area contributed by atoms with Gasteiger partial charge in [0.25, 0.3) is 0 Å². The third kappa shape index (κ3) is 4.63. The predicted molar refractivity (Wildman–Crippen MR) is 84.2 cm³/mol. The van der Waals surface area contributed by atoms with E-state index in [0.29, 0.717) is 0 Å². The fourth-order valence-corrected chi connectivity index (χ4v) is 2.48. The smallest absolute Gasteiger partial charge is 0.0380 e. The van der Waals surface area contributed by atoms with Crippen LogP contribution in [-0.2, 0) is 5.54 Å². The van der Waals surface area contributed by atoms with Crippen molar-refractivity contribution in [2.45, 2.75) is 65.0 Å². The van der Waals surface area contributed by atoms with Gasteiger partial charge in [-0.15, -0.1) is 0 Å². The third-order valence-corrected chi connectivity index (χ3v) is 3.82. The molecule has 0 radical (unpaired) electrons. The van der Waals surface area contributed by atoms with Gasteiger partial charge in [-0.25, -0.2) is 0 Å². The number of nitrogens with one attached hydrogen (secondary N) is 1. The minimum absolute atomic E-state index is 0.0167. The normalized spacial score (nSPS) is 13.5. The Kier molecular flexibility index (Phi) is 6.53. The molecule has 0 fully saturated rings. The van der Waals surface area contributed by atoms with Crippen LogP contribution < -0.4 is 11.1 Å². The van der Waals surface area contributed by atoms with Gasteiger partial charge in [0, 0.05) is 11.6 Å². The predicted octanol–water partition coefficient (Wildman–Crippen LogP) is 4.11. The average molecular weight is 262 g/mol. The number of nitrogens with two attached hydrogens (primary N) is 1. The molecule has 0 saturated carbocycles. The zero-order valence-corrected chi connectivity index (χ0v) is 13.0. The van der Waals surface area contributed by atoms with Crippen LogP contribution in [0.4, 0.5) is 0 Å². The zero-order valence-electron chi connectivity index (χ0n) is 13.0. The summed E-state index contributed by atoms with van der Waals surface area (Å²) in [6, 6.07) is 8.70. The molecule has 0 aromatic heterocycles. The fraction of sp³-hybridized carbons (Fsp3) is 0.647. The lowest BCUT2D eigenvalue weighted by Gasteiger charge is -2.31. The molecule has 2 heteroatoms. The number of unbranched alkanes of at least 4 members (excludes halogenated alkanes) is 2. The lowest BCUT2D eigenvalue weighted by atomic mass is 9.86. The number of rotatable bonds is 8. The molecule has 0 aliphatic carbocycles. The van der Waals surface area contributed by atoms with Gasteiger partial charge in [-0.3, -0.25) is 0 Å². The number of hydrogen-bond donors (Lipinski definition) is 2. The molecule has 0 bridgehead atoms. The summed E-state index contributed by atoms with van der Waals surface area (Å²) < 4.78 is 0. The Morgan fingerprint density at radius 2 is 1.84 bits per heavy atom. The maximum atomic E-state index is 6.24. The van der Waals surface area contributed by atoms with E-state index in [1.165, 1.54) is 30.4 Å². The first-order valence-electron chi connectivity index (χ1n) is 7.63. The zero-order chi connectivity index (χ0) is 14.3. The van der Waals surface area contributed by atoms with Crippen LogP contribution in [0, 0.1) is 0 Å². The van der Waals surface area contributed by atoms with Crippen molar-refractivity contribution in [3.63, 3.8) is 0 Å². The third-order valence-electron chi connectivity index (χ3n) is 3.82. The summed E-state index contributed by atoms with van der Waals surface area (Å²) in [6.45, 7) is 9.95. The Morgan fingerprint density at radius 1 is 1.16 bits per heavy atom. The molecule has 0 aliphatic rings. The molecule has 108 valence electrons. The molecular formula is C17H30N2. The van der Waals surface area contributed by atoms with Crippen LogP contribution in [0.5, 0.6) is 0 Å². The number of benzene rings is 1. The summed E-state index contributed by atoms with van der Waals surface area (Å²) in [5.41, 5.74) is 8.83. The molecule has 1 aromatic carbocycles. The SMILES string of the molecule is CCCCCNC(C)(C)c1ccccc1C(N)CC. The maximum absolute atomic E-state index is 6.24. The molecular weight excluding hydrogens is 232 g/mol. The molecule has 0 saturated heterocycles. The summed E-state index contributed by atoms with van der Waals surface area (Å²) in [5.74, 6) is 0. The Balaban J connectivity index is 2.81. The highest BCUT2D eigenvalue weighted by Gasteiger charge is 2.23. The molecule has 1 aromatic rings. The van der Waals surface area contributed by atoms with Crippen LogP contribution >= 0.6 is 0 Å². The maximum Gasteiger partial charge on any atom is 0.0380 e. The van der Waals surface area contributed by atoms with Gasteiger partial charge in [0.1, 0.15) is 0 Å². The van der Waals surface area contributed by atoms with Crippen molar-refractivity contribution in [2.75, 3.05) is 6.54 Å². The van der Waals surface area contributed by atoms with Gasteiger partial charge in [0.15, 0.2) is 0 Å². The Morgan fingerprint density at radius 3 is 2.47 bits per heavy atom. The first-order chi connectivity index (χ1) is 9.03. The second-order valence-electron chi connectivity index (χ2n) is 5.86. The summed E-state index contributed by atoms with van der Waals surface area (Å²) >= 11 is 0. The molecule has 0 aliphatic heterocycles. The topological polar surface area (TPSA) is 38.0 Å². The quantitative estimate of drug-likeness (QED) is 0.692. The molecule has 0 heterocycles. The Hall–Kier alpha value is -0.860. The van der Waals surface area contributed by atoms with E-state index in [2.05, 4.69) is 57.3 Å². The molecule has 1 atom stereocenters. The van der Waals surface area contributed by atoms with Crippen molar-refractivity contribution < 1.29 is 0 Å². The molecule has 0 amide bonds. The van der Waals surface area contributed by atoms with Crippen molar-refractivity contribution >= 4 is 0 Å². The molecule has 3 N–H and O–H groups in total.